The van der Waals surface area contributed by atoms with E-state index in [1.807, 2.05) is 24.1 Å². The molecule has 5 rings (SSSR count). The zero-order valence-electron chi connectivity index (χ0n) is 15.8. The number of furan rings is 1. The van der Waals surface area contributed by atoms with E-state index in [2.05, 4.69) is 10.1 Å². The largest absolute Gasteiger partial charge is 0.459 e. The fraction of sp³-hybridized carbons (Fsp3) is 0.429. The highest BCUT2D eigenvalue weighted by atomic mass is 16.5. The summed E-state index contributed by atoms with van der Waals surface area (Å²) in [5.41, 5.74) is 2.78. The van der Waals surface area contributed by atoms with Crippen LogP contribution >= 0.6 is 0 Å². The molecule has 0 unspecified atom stereocenters. The van der Waals surface area contributed by atoms with Crippen LogP contribution in [0, 0.1) is 6.92 Å². The smallest absolute Gasteiger partial charge is 0.289 e. The fourth-order valence-electron chi connectivity index (χ4n) is 3.85. The van der Waals surface area contributed by atoms with E-state index in [1.54, 1.807) is 12.1 Å². The van der Waals surface area contributed by atoms with E-state index < -0.39 is 0 Å². The summed E-state index contributed by atoms with van der Waals surface area (Å²) in [6.45, 7) is 3.27. The summed E-state index contributed by atoms with van der Waals surface area (Å²) in [4.78, 5) is 23.9. The molecule has 0 N–H and O–H groups in total. The third-order valence-electron chi connectivity index (χ3n) is 5.57. The van der Waals surface area contributed by atoms with Crippen molar-refractivity contribution in [2.45, 2.75) is 44.4 Å². The van der Waals surface area contributed by atoms with E-state index in [4.69, 9.17) is 13.9 Å². The Morgan fingerprint density at radius 1 is 1.18 bits per heavy atom. The van der Waals surface area contributed by atoms with Crippen LogP contribution in [0.3, 0.4) is 0 Å². The van der Waals surface area contributed by atoms with Crippen molar-refractivity contribution in [3.63, 3.8) is 0 Å². The second kappa shape index (κ2) is 6.89. The molecule has 0 spiro atoms. The Hall–Kier alpha value is -2.96. The van der Waals surface area contributed by atoms with E-state index in [1.165, 1.54) is 6.26 Å². The SMILES string of the molecule is Cc1cc(-c2cnc(C3CC3)nc2C2CCN(C(=O)c3ccco3)CC2)on1. The van der Waals surface area contributed by atoms with Crippen LogP contribution < -0.4 is 0 Å². The van der Waals surface area contributed by atoms with E-state index >= 15 is 0 Å². The van der Waals surface area contributed by atoms with Crippen LogP contribution in [0.1, 0.15) is 65.3 Å². The molecule has 1 aliphatic carbocycles. The zero-order valence-corrected chi connectivity index (χ0v) is 15.8. The van der Waals surface area contributed by atoms with Crippen LogP contribution in [0.25, 0.3) is 11.3 Å². The fourth-order valence-corrected chi connectivity index (χ4v) is 3.85. The first kappa shape index (κ1) is 17.2. The highest BCUT2D eigenvalue weighted by molar-refractivity contribution is 5.91. The van der Waals surface area contributed by atoms with Gasteiger partial charge in [0.25, 0.3) is 5.91 Å². The number of carbonyl (C=O) groups excluding carboxylic acids is 1. The van der Waals surface area contributed by atoms with Crippen LogP contribution in [0.15, 0.2) is 39.6 Å². The Morgan fingerprint density at radius 2 is 2.00 bits per heavy atom. The second-order valence-electron chi connectivity index (χ2n) is 7.68. The molecule has 3 aromatic rings. The number of rotatable bonds is 4. The first-order valence-corrected chi connectivity index (χ1v) is 9.82. The van der Waals surface area contributed by atoms with Crippen molar-refractivity contribution >= 4 is 5.91 Å². The highest BCUT2D eigenvalue weighted by Gasteiger charge is 2.32. The molecule has 0 aromatic carbocycles. The lowest BCUT2D eigenvalue weighted by molar-refractivity contribution is 0.0680. The van der Waals surface area contributed by atoms with Gasteiger partial charge in [-0.2, -0.15) is 0 Å². The number of hydrogen-bond acceptors (Lipinski definition) is 6. The number of aryl methyl sites for hydroxylation is 1. The van der Waals surface area contributed by atoms with Crippen molar-refractivity contribution in [1.82, 2.24) is 20.0 Å². The third kappa shape index (κ3) is 3.21. The van der Waals surface area contributed by atoms with Gasteiger partial charge in [0.05, 0.1) is 23.2 Å². The summed E-state index contributed by atoms with van der Waals surface area (Å²) >= 11 is 0. The highest BCUT2D eigenvalue weighted by Crippen LogP contribution is 2.41. The van der Waals surface area contributed by atoms with Crippen molar-refractivity contribution in [2.24, 2.45) is 0 Å². The van der Waals surface area contributed by atoms with Crippen LogP contribution in [0.5, 0.6) is 0 Å². The topological polar surface area (TPSA) is 85.3 Å². The molecule has 7 heteroatoms. The van der Waals surface area contributed by atoms with Gasteiger partial charge in [-0.3, -0.25) is 4.79 Å². The molecular weight excluding hydrogens is 356 g/mol. The summed E-state index contributed by atoms with van der Waals surface area (Å²) in [6.07, 6.45) is 7.45. The maximum Gasteiger partial charge on any atom is 0.289 e. The van der Waals surface area contributed by atoms with Crippen molar-refractivity contribution < 1.29 is 13.7 Å². The molecule has 1 aliphatic heterocycles. The summed E-state index contributed by atoms with van der Waals surface area (Å²) in [6, 6.07) is 5.38. The summed E-state index contributed by atoms with van der Waals surface area (Å²) < 4.78 is 10.8. The molecule has 2 fully saturated rings. The Morgan fingerprint density at radius 3 is 2.64 bits per heavy atom. The third-order valence-corrected chi connectivity index (χ3v) is 5.57. The second-order valence-corrected chi connectivity index (χ2v) is 7.68. The standard InChI is InChI=1S/C21H22N4O3/c1-13-11-18(28-24-13)16-12-22-20(15-4-5-15)23-19(16)14-6-8-25(9-7-14)21(26)17-3-2-10-27-17/h2-3,10-12,14-15H,4-9H2,1H3. The van der Waals surface area contributed by atoms with Gasteiger partial charge in [-0.25, -0.2) is 9.97 Å². The van der Waals surface area contributed by atoms with Gasteiger partial charge >= 0.3 is 0 Å². The Kier molecular flexibility index (Phi) is 4.22. The van der Waals surface area contributed by atoms with Crippen molar-refractivity contribution in [3.8, 4) is 11.3 Å². The number of carbonyl (C=O) groups is 1. The van der Waals surface area contributed by atoms with E-state index in [9.17, 15) is 4.79 Å². The summed E-state index contributed by atoms with van der Waals surface area (Å²) in [7, 11) is 0. The maximum absolute atomic E-state index is 12.5. The lowest BCUT2D eigenvalue weighted by atomic mass is 9.90. The predicted molar refractivity (Wildman–Crippen MR) is 101 cm³/mol. The minimum atomic E-state index is -0.0455. The molecule has 0 bridgehead atoms. The van der Waals surface area contributed by atoms with Gasteiger partial charge in [-0.05, 0) is 44.7 Å². The number of aromatic nitrogens is 3. The Bertz CT molecular complexity index is 983. The van der Waals surface area contributed by atoms with Crippen LogP contribution in [-0.4, -0.2) is 39.0 Å². The molecule has 144 valence electrons. The van der Waals surface area contributed by atoms with Crippen LogP contribution in [-0.2, 0) is 0 Å². The lowest BCUT2D eigenvalue weighted by Gasteiger charge is -2.31. The monoisotopic (exact) mass is 378 g/mol. The molecule has 2 aliphatic rings. The van der Waals surface area contributed by atoms with Gasteiger partial charge in [0.1, 0.15) is 5.82 Å². The first-order valence-electron chi connectivity index (χ1n) is 9.82. The Labute approximate surface area is 162 Å². The molecule has 1 saturated heterocycles. The predicted octanol–water partition coefficient (Wildman–Crippen LogP) is 3.93. The normalized spacial score (nSPS) is 17.8. The number of nitrogens with zero attached hydrogens (tertiary/aromatic N) is 4. The lowest BCUT2D eigenvalue weighted by Crippen LogP contribution is -2.38. The molecule has 0 atom stereocenters. The molecule has 7 nitrogen and oxygen atoms in total. The average Bonchev–Trinajstić information content (AvgIpc) is 3.25. The van der Waals surface area contributed by atoms with Gasteiger partial charge in [-0.1, -0.05) is 5.16 Å². The molecular formula is C21H22N4O3. The van der Waals surface area contributed by atoms with Gasteiger partial charge < -0.3 is 13.8 Å². The van der Waals surface area contributed by atoms with Crippen LogP contribution in [0.4, 0.5) is 0 Å². The number of likely N-dealkylation sites (tertiary alicyclic amines) is 1. The summed E-state index contributed by atoms with van der Waals surface area (Å²) in [5, 5.41) is 4.02. The van der Waals surface area contributed by atoms with Crippen molar-refractivity contribution in [3.05, 3.63) is 53.6 Å². The molecule has 0 radical (unpaired) electrons. The minimum absolute atomic E-state index is 0.0455. The zero-order chi connectivity index (χ0) is 19.1. The van der Waals surface area contributed by atoms with Crippen molar-refractivity contribution in [2.75, 3.05) is 13.1 Å². The van der Waals surface area contributed by atoms with E-state index in [0.29, 0.717) is 30.5 Å². The van der Waals surface area contributed by atoms with Gasteiger partial charge in [0.2, 0.25) is 0 Å². The van der Waals surface area contributed by atoms with Crippen LogP contribution in [0.2, 0.25) is 0 Å². The molecule has 1 amide bonds. The molecule has 28 heavy (non-hydrogen) atoms. The molecule has 3 aromatic heterocycles. The molecule has 1 saturated carbocycles. The van der Waals surface area contributed by atoms with Gasteiger partial charge in [0, 0.05) is 37.2 Å². The van der Waals surface area contributed by atoms with Crippen molar-refractivity contribution in [1.29, 1.82) is 0 Å². The first-order chi connectivity index (χ1) is 13.7. The van der Waals surface area contributed by atoms with E-state index in [-0.39, 0.29) is 11.8 Å². The Balaban J connectivity index is 1.39. The molecule has 4 heterocycles. The minimum Gasteiger partial charge on any atom is -0.459 e. The average molecular weight is 378 g/mol. The quantitative estimate of drug-likeness (QED) is 0.684. The number of amides is 1. The van der Waals surface area contributed by atoms with Gasteiger partial charge in [0.15, 0.2) is 11.5 Å². The number of piperidine rings is 1. The number of hydrogen-bond donors (Lipinski definition) is 0. The maximum atomic E-state index is 12.5. The van der Waals surface area contributed by atoms with Gasteiger partial charge in [-0.15, -0.1) is 0 Å². The van der Waals surface area contributed by atoms with E-state index in [0.717, 1.165) is 48.5 Å². The summed E-state index contributed by atoms with van der Waals surface area (Å²) in [5.74, 6) is 2.75.